The van der Waals surface area contributed by atoms with Crippen LogP contribution in [-0.2, 0) is 11.4 Å². The minimum Gasteiger partial charge on any atom is -0.392 e. The fraction of sp³-hybridized carbons (Fsp3) is 0.120. The Kier molecular flexibility index (Phi) is 5.45. The molecule has 0 bridgehead atoms. The van der Waals surface area contributed by atoms with E-state index in [0.29, 0.717) is 27.3 Å². The highest BCUT2D eigenvalue weighted by Crippen LogP contribution is 2.31. The molecule has 1 atom stereocenters. The van der Waals surface area contributed by atoms with E-state index in [4.69, 9.17) is 0 Å². The van der Waals surface area contributed by atoms with Crippen molar-refractivity contribution >= 4 is 44.1 Å². The number of nitrogens with one attached hydrogen (secondary N) is 1. The Morgan fingerprint density at radius 3 is 2.36 bits per heavy atom. The van der Waals surface area contributed by atoms with E-state index in [2.05, 4.69) is 10.3 Å². The molecule has 0 saturated heterocycles. The fourth-order valence-corrected chi connectivity index (χ4v) is 4.87. The van der Waals surface area contributed by atoms with Gasteiger partial charge in [-0.25, -0.2) is 0 Å². The van der Waals surface area contributed by atoms with Crippen molar-refractivity contribution in [3.63, 3.8) is 0 Å². The van der Waals surface area contributed by atoms with E-state index in [1.54, 1.807) is 60.9 Å². The van der Waals surface area contributed by atoms with E-state index in [9.17, 15) is 19.5 Å². The Labute approximate surface area is 193 Å². The summed E-state index contributed by atoms with van der Waals surface area (Å²) in [4.78, 5) is 44.4. The van der Waals surface area contributed by atoms with Crippen LogP contribution in [0.5, 0.6) is 0 Å². The molecule has 0 saturated carbocycles. The van der Waals surface area contributed by atoms with Crippen LogP contribution in [0.1, 0.15) is 37.8 Å². The lowest BCUT2D eigenvalue weighted by Gasteiger charge is -2.22. The van der Waals surface area contributed by atoms with Crippen molar-refractivity contribution in [3.8, 4) is 0 Å². The van der Waals surface area contributed by atoms with Crippen LogP contribution in [-0.4, -0.2) is 39.3 Å². The van der Waals surface area contributed by atoms with E-state index in [1.807, 2.05) is 12.1 Å². The van der Waals surface area contributed by atoms with Gasteiger partial charge in [0, 0.05) is 18.9 Å². The lowest BCUT2D eigenvalue weighted by atomic mass is 9.96. The molecule has 8 heteroatoms. The highest BCUT2D eigenvalue weighted by Gasteiger charge is 2.38. The third-order valence-electron chi connectivity index (χ3n) is 5.69. The molecule has 1 aliphatic rings. The van der Waals surface area contributed by atoms with Crippen molar-refractivity contribution in [1.82, 2.24) is 9.88 Å². The predicted octanol–water partition coefficient (Wildman–Crippen LogP) is 3.81. The maximum Gasteiger partial charge on any atom is 0.261 e. The highest BCUT2D eigenvalue weighted by molar-refractivity contribution is 7.22. The molecule has 1 aliphatic heterocycles. The summed E-state index contributed by atoms with van der Waals surface area (Å²) >= 11 is 1.40. The molecule has 3 heterocycles. The van der Waals surface area contributed by atoms with Crippen LogP contribution in [0, 0.1) is 0 Å². The van der Waals surface area contributed by atoms with E-state index in [-0.39, 0.29) is 19.1 Å². The van der Waals surface area contributed by atoms with Gasteiger partial charge in [-0.1, -0.05) is 36.4 Å². The summed E-state index contributed by atoms with van der Waals surface area (Å²) in [6.45, 7) is -0.214. The van der Waals surface area contributed by atoms with Gasteiger partial charge < -0.3 is 10.4 Å². The Morgan fingerprint density at radius 1 is 1.03 bits per heavy atom. The zero-order valence-corrected chi connectivity index (χ0v) is 18.2. The van der Waals surface area contributed by atoms with Crippen molar-refractivity contribution in [2.24, 2.45) is 0 Å². The van der Waals surface area contributed by atoms with Crippen LogP contribution < -0.4 is 5.32 Å². The maximum atomic E-state index is 13.4. The highest BCUT2D eigenvalue weighted by atomic mass is 32.1. The number of nitrogens with zero attached hydrogens (tertiary/aromatic N) is 2. The van der Waals surface area contributed by atoms with Gasteiger partial charge in [-0.15, -0.1) is 11.3 Å². The topological polar surface area (TPSA) is 99.6 Å². The second-order valence-corrected chi connectivity index (χ2v) is 8.82. The predicted molar refractivity (Wildman–Crippen MR) is 125 cm³/mol. The first-order valence-corrected chi connectivity index (χ1v) is 11.2. The summed E-state index contributed by atoms with van der Waals surface area (Å²) in [5.41, 5.74) is 2.03. The summed E-state index contributed by atoms with van der Waals surface area (Å²) in [5.74, 6) is -1.94. The number of aromatic nitrogens is 1. The molecule has 0 fully saturated rings. The van der Waals surface area contributed by atoms with Crippen molar-refractivity contribution in [2.45, 2.75) is 12.5 Å². The van der Waals surface area contributed by atoms with E-state index in [1.165, 1.54) is 11.3 Å². The third kappa shape index (κ3) is 3.90. The Bertz CT molecular complexity index is 1310. The van der Waals surface area contributed by atoms with Crippen LogP contribution in [0.2, 0.25) is 0 Å². The summed E-state index contributed by atoms with van der Waals surface area (Å²) in [6.07, 6.45) is 3.42. The molecule has 0 aliphatic carbocycles. The minimum atomic E-state index is -0.789. The number of imide groups is 1. The second kappa shape index (κ2) is 8.57. The van der Waals surface area contributed by atoms with Crippen LogP contribution >= 0.6 is 11.3 Å². The third-order valence-corrected chi connectivity index (χ3v) is 6.69. The number of carbonyl (C=O) groups is 3. The van der Waals surface area contributed by atoms with Gasteiger partial charge in [0.1, 0.15) is 0 Å². The maximum absolute atomic E-state index is 13.4. The quantitative estimate of drug-likeness (QED) is 0.429. The Balaban J connectivity index is 1.46. The van der Waals surface area contributed by atoms with E-state index in [0.717, 1.165) is 15.0 Å². The van der Waals surface area contributed by atoms with Gasteiger partial charge in [0.25, 0.3) is 11.8 Å². The van der Waals surface area contributed by atoms with E-state index >= 15 is 0 Å². The van der Waals surface area contributed by atoms with E-state index < -0.39 is 17.7 Å². The smallest absolute Gasteiger partial charge is 0.261 e. The standard InChI is InChI=1S/C25H19N3O4S/c29-14-15-5-7-16(8-6-15)20(13-28-24(31)18-3-1-2-4-19(18)25(28)32)23(30)27-22-11-17-9-10-26-12-21(17)33-22/h1-12,20,29H,13-14H2,(H,27,30). The molecule has 164 valence electrons. The molecule has 2 aromatic heterocycles. The number of hydrogen-bond acceptors (Lipinski definition) is 6. The molecular formula is C25H19N3O4S. The summed E-state index contributed by atoms with van der Waals surface area (Å²) in [7, 11) is 0. The number of anilines is 1. The monoisotopic (exact) mass is 457 g/mol. The van der Waals surface area contributed by atoms with Gasteiger partial charge in [0.05, 0.1) is 33.4 Å². The number of aliphatic hydroxyl groups is 1. The molecular weight excluding hydrogens is 438 g/mol. The number of carbonyl (C=O) groups excluding carboxylic acids is 3. The first kappa shape index (κ1) is 21.0. The zero-order chi connectivity index (χ0) is 22.9. The molecule has 4 aromatic rings. The second-order valence-electron chi connectivity index (χ2n) is 7.73. The first-order valence-electron chi connectivity index (χ1n) is 10.3. The Morgan fingerprint density at radius 2 is 1.73 bits per heavy atom. The van der Waals surface area contributed by atoms with Gasteiger partial charge in [0.2, 0.25) is 5.91 Å². The molecule has 3 amide bonds. The molecule has 5 rings (SSSR count). The average Bonchev–Trinajstić information content (AvgIpc) is 3.36. The van der Waals surface area contributed by atoms with Gasteiger partial charge in [-0.05, 0) is 40.8 Å². The van der Waals surface area contributed by atoms with Crippen molar-refractivity contribution in [1.29, 1.82) is 0 Å². The lowest BCUT2D eigenvalue weighted by Crippen LogP contribution is -2.38. The first-order chi connectivity index (χ1) is 16.0. The molecule has 0 spiro atoms. The van der Waals surface area contributed by atoms with Gasteiger partial charge in [-0.2, -0.15) is 0 Å². The number of pyridine rings is 1. The molecule has 0 radical (unpaired) electrons. The normalized spacial score (nSPS) is 13.9. The van der Waals surface area contributed by atoms with Crippen LogP contribution in [0.3, 0.4) is 0 Å². The fourth-order valence-electron chi connectivity index (χ4n) is 3.94. The van der Waals surface area contributed by atoms with Gasteiger partial charge in [-0.3, -0.25) is 24.3 Å². The molecule has 33 heavy (non-hydrogen) atoms. The summed E-state index contributed by atoms with van der Waals surface area (Å²) in [5, 5.41) is 13.9. The largest absolute Gasteiger partial charge is 0.392 e. The number of amides is 3. The Hall–Kier alpha value is -3.88. The van der Waals surface area contributed by atoms with Gasteiger partial charge in [0.15, 0.2) is 0 Å². The number of fused-ring (bicyclic) bond motifs is 2. The number of rotatable bonds is 6. The summed E-state index contributed by atoms with van der Waals surface area (Å²) < 4.78 is 0.942. The van der Waals surface area contributed by atoms with Crippen LogP contribution in [0.15, 0.2) is 73.1 Å². The molecule has 2 N–H and O–H groups in total. The number of benzene rings is 2. The molecule has 1 unspecified atom stereocenters. The van der Waals surface area contributed by atoms with Crippen molar-refractivity contribution in [2.75, 3.05) is 11.9 Å². The van der Waals surface area contributed by atoms with Gasteiger partial charge >= 0.3 is 0 Å². The van der Waals surface area contributed by atoms with Crippen molar-refractivity contribution in [3.05, 3.63) is 95.3 Å². The number of aliphatic hydroxyl groups excluding tert-OH is 1. The lowest BCUT2D eigenvalue weighted by molar-refractivity contribution is -0.117. The zero-order valence-electron chi connectivity index (χ0n) is 17.4. The van der Waals surface area contributed by atoms with Crippen LogP contribution in [0.25, 0.3) is 10.1 Å². The van der Waals surface area contributed by atoms with Crippen molar-refractivity contribution < 1.29 is 19.5 Å². The molecule has 2 aromatic carbocycles. The average molecular weight is 458 g/mol. The molecule has 7 nitrogen and oxygen atoms in total. The SMILES string of the molecule is O=C(Nc1cc2ccncc2s1)C(CN1C(=O)c2ccccc2C1=O)c1ccc(CO)cc1. The number of hydrogen-bond donors (Lipinski definition) is 2. The van der Waals surface area contributed by atoms with Crippen LogP contribution in [0.4, 0.5) is 5.00 Å². The summed E-state index contributed by atoms with van der Waals surface area (Å²) in [6, 6.07) is 17.3. The number of thiophene rings is 1. The minimum absolute atomic E-state index is 0.0941.